The molecule has 0 spiro atoms. The van der Waals surface area contributed by atoms with Crippen LogP contribution in [0.3, 0.4) is 0 Å². The summed E-state index contributed by atoms with van der Waals surface area (Å²) in [6.07, 6.45) is 7.24. The van der Waals surface area contributed by atoms with E-state index in [0.717, 1.165) is 19.1 Å². The zero-order valence-electron chi connectivity index (χ0n) is 12.0. The SMILES string of the molecule is CC(C)=CCC/C(C)=C/COc1ccccc1C=O. The van der Waals surface area contributed by atoms with Crippen molar-refractivity contribution in [3.8, 4) is 5.75 Å². The maximum absolute atomic E-state index is 10.8. The summed E-state index contributed by atoms with van der Waals surface area (Å²) < 4.78 is 5.60. The molecule has 1 aromatic carbocycles. The molecular weight excluding hydrogens is 236 g/mol. The average molecular weight is 258 g/mol. The molecule has 1 aromatic rings. The molecule has 0 aromatic heterocycles. The summed E-state index contributed by atoms with van der Waals surface area (Å²) in [4.78, 5) is 10.8. The first-order valence-corrected chi connectivity index (χ1v) is 6.59. The van der Waals surface area contributed by atoms with Crippen molar-refractivity contribution in [1.29, 1.82) is 0 Å². The quantitative estimate of drug-likeness (QED) is 0.529. The third-order valence-corrected chi connectivity index (χ3v) is 2.81. The van der Waals surface area contributed by atoms with Gasteiger partial charge in [-0.1, -0.05) is 29.4 Å². The highest BCUT2D eigenvalue weighted by atomic mass is 16.5. The predicted octanol–water partition coefficient (Wildman–Crippen LogP) is 4.57. The van der Waals surface area contributed by atoms with Crippen LogP contribution in [0.1, 0.15) is 44.0 Å². The maximum atomic E-state index is 10.8. The molecule has 2 heteroatoms. The number of hydrogen-bond donors (Lipinski definition) is 0. The van der Waals surface area contributed by atoms with Gasteiger partial charge in [0, 0.05) is 0 Å². The van der Waals surface area contributed by atoms with Crippen LogP contribution in [0.25, 0.3) is 0 Å². The minimum atomic E-state index is 0.505. The number of benzene rings is 1. The molecule has 0 atom stereocenters. The summed E-state index contributed by atoms with van der Waals surface area (Å²) >= 11 is 0. The van der Waals surface area contributed by atoms with Gasteiger partial charge in [0.2, 0.25) is 0 Å². The molecule has 0 aliphatic rings. The maximum Gasteiger partial charge on any atom is 0.153 e. The number of carbonyl (C=O) groups excluding carboxylic acids is 1. The number of ether oxygens (including phenoxy) is 1. The Hall–Kier alpha value is -1.83. The predicted molar refractivity (Wildman–Crippen MR) is 79.7 cm³/mol. The van der Waals surface area contributed by atoms with E-state index in [4.69, 9.17) is 4.74 Å². The Morgan fingerprint density at radius 2 is 1.89 bits per heavy atom. The van der Waals surface area contributed by atoms with Crippen LogP contribution in [-0.2, 0) is 0 Å². The van der Waals surface area contributed by atoms with Gasteiger partial charge in [-0.25, -0.2) is 0 Å². The summed E-state index contributed by atoms with van der Waals surface area (Å²) in [5.74, 6) is 0.644. The molecule has 0 N–H and O–H groups in total. The standard InChI is InChI=1S/C17H22O2/c1-14(2)7-6-8-15(3)11-12-19-17-10-5-4-9-16(17)13-18/h4-5,7,9-11,13H,6,8,12H2,1-3H3/b15-11+. The van der Waals surface area contributed by atoms with Crippen molar-refractivity contribution in [2.24, 2.45) is 0 Å². The van der Waals surface area contributed by atoms with Crippen molar-refractivity contribution in [2.75, 3.05) is 6.61 Å². The van der Waals surface area contributed by atoms with Crippen LogP contribution in [0.15, 0.2) is 47.6 Å². The Morgan fingerprint density at radius 3 is 2.58 bits per heavy atom. The minimum Gasteiger partial charge on any atom is -0.489 e. The highest BCUT2D eigenvalue weighted by Gasteiger charge is 1.99. The molecule has 0 amide bonds. The molecule has 102 valence electrons. The van der Waals surface area contributed by atoms with Crippen LogP contribution >= 0.6 is 0 Å². The average Bonchev–Trinajstić information content (AvgIpc) is 2.39. The van der Waals surface area contributed by atoms with Gasteiger partial charge in [0.05, 0.1) is 5.56 Å². The third-order valence-electron chi connectivity index (χ3n) is 2.81. The van der Waals surface area contributed by atoms with E-state index in [2.05, 4.69) is 32.9 Å². The normalized spacial score (nSPS) is 11.0. The largest absolute Gasteiger partial charge is 0.489 e. The zero-order valence-corrected chi connectivity index (χ0v) is 12.0. The molecule has 0 aliphatic heterocycles. The molecule has 0 aliphatic carbocycles. The van der Waals surface area contributed by atoms with Gasteiger partial charge in [-0.15, -0.1) is 0 Å². The van der Waals surface area contributed by atoms with E-state index >= 15 is 0 Å². The fourth-order valence-electron chi connectivity index (χ4n) is 1.67. The van der Waals surface area contributed by atoms with Crippen molar-refractivity contribution < 1.29 is 9.53 Å². The molecular formula is C17H22O2. The summed E-state index contributed by atoms with van der Waals surface area (Å²) in [6, 6.07) is 7.27. The van der Waals surface area contributed by atoms with Gasteiger partial charge in [0.15, 0.2) is 6.29 Å². The van der Waals surface area contributed by atoms with Gasteiger partial charge in [0.25, 0.3) is 0 Å². The molecule has 0 heterocycles. The van der Waals surface area contributed by atoms with Crippen LogP contribution in [-0.4, -0.2) is 12.9 Å². The first-order chi connectivity index (χ1) is 9.13. The van der Waals surface area contributed by atoms with Gasteiger partial charge < -0.3 is 4.74 Å². The van der Waals surface area contributed by atoms with E-state index in [1.54, 1.807) is 6.07 Å². The second-order valence-electron chi connectivity index (χ2n) is 4.84. The lowest BCUT2D eigenvalue weighted by molar-refractivity contribution is 0.112. The molecule has 0 saturated heterocycles. The smallest absolute Gasteiger partial charge is 0.153 e. The number of allylic oxidation sites excluding steroid dienone is 3. The second-order valence-corrected chi connectivity index (χ2v) is 4.84. The van der Waals surface area contributed by atoms with Crippen molar-refractivity contribution in [3.05, 3.63) is 53.1 Å². The van der Waals surface area contributed by atoms with Gasteiger partial charge in [-0.05, 0) is 51.8 Å². The first-order valence-electron chi connectivity index (χ1n) is 6.59. The van der Waals surface area contributed by atoms with Crippen LogP contribution in [0.5, 0.6) is 5.75 Å². The third kappa shape index (κ3) is 6.05. The molecule has 2 nitrogen and oxygen atoms in total. The van der Waals surface area contributed by atoms with Gasteiger partial charge in [-0.2, -0.15) is 0 Å². The van der Waals surface area contributed by atoms with Crippen LogP contribution in [0.4, 0.5) is 0 Å². The molecule has 19 heavy (non-hydrogen) atoms. The van der Waals surface area contributed by atoms with E-state index in [1.165, 1.54) is 11.1 Å². The van der Waals surface area contributed by atoms with Gasteiger partial charge in [-0.3, -0.25) is 4.79 Å². The Labute approximate surface area is 115 Å². The molecule has 0 unspecified atom stereocenters. The van der Waals surface area contributed by atoms with E-state index in [1.807, 2.05) is 18.2 Å². The molecule has 0 radical (unpaired) electrons. The summed E-state index contributed by atoms with van der Waals surface area (Å²) in [5, 5.41) is 0. The second kappa shape index (κ2) is 8.30. The van der Waals surface area contributed by atoms with E-state index in [0.29, 0.717) is 17.9 Å². The highest BCUT2D eigenvalue weighted by Crippen LogP contribution is 2.16. The summed E-state index contributed by atoms with van der Waals surface area (Å²) in [7, 11) is 0. The Kier molecular flexibility index (Phi) is 6.65. The number of aldehydes is 1. The van der Waals surface area contributed by atoms with E-state index in [-0.39, 0.29) is 0 Å². The monoisotopic (exact) mass is 258 g/mol. The van der Waals surface area contributed by atoms with Crippen LogP contribution in [0, 0.1) is 0 Å². The van der Waals surface area contributed by atoms with Crippen molar-refractivity contribution >= 4 is 6.29 Å². The number of carbonyl (C=O) groups is 1. The Morgan fingerprint density at radius 1 is 1.16 bits per heavy atom. The topological polar surface area (TPSA) is 26.3 Å². The molecule has 1 rings (SSSR count). The Balaban J connectivity index is 2.44. The fourth-order valence-corrected chi connectivity index (χ4v) is 1.67. The van der Waals surface area contributed by atoms with E-state index in [9.17, 15) is 4.79 Å². The zero-order chi connectivity index (χ0) is 14.1. The van der Waals surface area contributed by atoms with E-state index < -0.39 is 0 Å². The number of hydrogen-bond acceptors (Lipinski definition) is 2. The lowest BCUT2D eigenvalue weighted by Crippen LogP contribution is -1.97. The molecule has 0 bridgehead atoms. The number of rotatable bonds is 7. The highest BCUT2D eigenvalue weighted by molar-refractivity contribution is 5.79. The van der Waals surface area contributed by atoms with Crippen molar-refractivity contribution in [2.45, 2.75) is 33.6 Å². The van der Waals surface area contributed by atoms with Gasteiger partial charge in [0.1, 0.15) is 12.4 Å². The molecule has 0 fully saturated rings. The lowest BCUT2D eigenvalue weighted by Gasteiger charge is -2.06. The lowest BCUT2D eigenvalue weighted by atomic mass is 10.1. The number of para-hydroxylation sites is 1. The summed E-state index contributed by atoms with van der Waals surface area (Å²) in [6.45, 7) is 6.83. The van der Waals surface area contributed by atoms with Crippen LogP contribution < -0.4 is 4.74 Å². The van der Waals surface area contributed by atoms with Crippen molar-refractivity contribution in [3.63, 3.8) is 0 Å². The minimum absolute atomic E-state index is 0.505. The fraction of sp³-hybridized carbons (Fsp3) is 0.353. The molecule has 0 saturated carbocycles. The Bertz CT molecular complexity index is 466. The van der Waals surface area contributed by atoms with Crippen molar-refractivity contribution in [1.82, 2.24) is 0 Å². The first kappa shape index (κ1) is 15.2. The summed E-state index contributed by atoms with van der Waals surface area (Å²) in [5.41, 5.74) is 3.25. The van der Waals surface area contributed by atoms with Gasteiger partial charge >= 0.3 is 0 Å². The van der Waals surface area contributed by atoms with Crippen LogP contribution in [0.2, 0.25) is 0 Å².